The van der Waals surface area contributed by atoms with Gasteiger partial charge in [-0.1, -0.05) is 13.0 Å². The second-order valence-electron chi connectivity index (χ2n) is 10.4. The number of anilines is 1. The molecule has 12 heteroatoms. The number of benzene rings is 2. The third-order valence-electron chi connectivity index (χ3n) is 7.50. The van der Waals surface area contributed by atoms with Gasteiger partial charge in [0.1, 0.15) is 11.9 Å². The van der Waals surface area contributed by atoms with Crippen molar-refractivity contribution >= 4 is 27.5 Å². The summed E-state index contributed by atoms with van der Waals surface area (Å²) in [6.07, 6.45) is 0.420. The summed E-state index contributed by atoms with van der Waals surface area (Å²) in [5.41, 5.74) is 0.508. The molecule has 0 aromatic heterocycles. The highest BCUT2D eigenvalue weighted by molar-refractivity contribution is 7.89. The van der Waals surface area contributed by atoms with Crippen LogP contribution in [0.4, 0.5) is 10.1 Å². The molecule has 4 rings (SSSR count). The second-order valence-corrected chi connectivity index (χ2v) is 12.5. The Bertz CT molecular complexity index is 1320. The molecule has 2 heterocycles. The van der Waals surface area contributed by atoms with Crippen molar-refractivity contribution in [3.05, 3.63) is 53.8 Å². The van der Waals surface area contributed by atoms with E-state index in [1.807, 2.05) is 6.92 Å². The molecule has 40 heavy (non-hydrogen) atoms. The lowest BCUT2D eigenvalue weighted by Gasteiger charge is -2.38. The molecule has 218 valence electrons. The van der Waals surface area contributed by atoms with E-state index >= 15 is 0 Å². The van der Waals surface area contributed by atoms with E-state index in [9.17, 15) is 27.5 Å². The minimum absolute atomic E-state index is 0.0644. The summed E-state index contributed by atoms with van der Waals surface area (Å²) in [4.78, 5) is 28.2. The average molecular weight is 578 g/mol. The molecule has 0 spiro atoms. The molecule has 2 aromatic carbocycles. The van der Waals surface area contributed by atoms with Crippen LogP contribution in [0.3, 0.4) is 0 Å². The lowest BCUT2D eigenvalue weighted by atomic mass is 9.98. The maximum Gasteiger partial charge on any atom is 0.258 e. The highest BCUT2D eigenvalue weighted by atomic mass is 32.2. The minimum Gasteiger partial charge on any atom is -0.486 e. The van der Waals surface area contributed by atoms with E-state index in [0.717, 1.165) is 16.4 Å². The number of likely N-dealkylation sites (N-methyl/N-ethyl adjacent to an activating group) is 1. The van der Waals surface area contributed by atoms with Crippen molar-refractivity contribution in [3.8, 4) is 5.75 Å². The Balaban J connectivity index is 1.69. The van der Waals surface area contributed by atoms with Crippen LogP contribution in [-0.4, -0.2) is 86.6 Å². The molecule has 0 aliphatic carbocycles. The summed E-state index contributed by atoms with van der Waals surface area (Å²) >= 11 is 0. The lowest BCUT2D eigenvalue weighted by molar-refractivity contribution is -0.122. The van der Waals surface area contributed by atoms with Gasteiger partial charge in [0.25, 0.3) is 5.91 Å². The normalized spacial score (nSPS) is 21.2. The summed E-state index contributed by atoms with van der Waals surface area (Å²) in [6.45, 7) is 4.39. The molecule has 10 nitrogen and oxygen atoms in total. The quantitative estimate of drug-likeness (QED) is 0.494. The third-order valence-corrected chi connectivity index (χ3v) is 9.34. The first-order valence-electron chi connectivity index (χ1n) is 13.3. The number of para-hydroxylation sites is 1. The molecule has 0 bridgehead atoms. The largest absolute Gasteiger partial charge is 0.486 e. The van der Waals surface area contributed by atoms with Crippen molar-refractivity contribution in [1.82, 2.24) is 9.21 Å². The number of rotatable bonds is 8. The van der Waals surface area contributed by atoms with Gasteiger partial charge in [0.2, 0.25) is 15.9 Å². The number of ether oxygens (including phenoxy) is 2. The third kappa shape index (κ3) is 6.46. The van der Waals surface area contributed by atoms with Crippen molar-refractivity contribution in [3.63, 3.8) is 0 Å². The zero-order valence-electron chi connectivity index (χ0n) is 22.9. The van der Waals surface area contributed by atoms with E-state index in [4.69, 9.17) is 9.47 Å². The van der Waals surface area contributed by atoms with Crippen LogP contribution in [-0.2, 0) is 19.6 Å². The predicted molar refractivity (Wildman–Crippen MR) is 146 cm³/mol. The maximum atomic E-state index is 13.6. The number of sulfonamides is 1. The number of hydrogen-bond donors (Lipinski definition) is 2. The molecule has 2 aliphatic rings. The fourth-order valence-electron chi connectivity index (χ4n) is 4.89. The van der Waals surface area contributed by atoms with Gasteiger partial charge in [-0.05, 0) is 56.2 Å². The van der Waals surface area contributed by atoms with Crippen LogP contribution in [0.15, 0.2) is 47.4 Å². The second kappa shape index (κ2) is 12.6. The van der Waals surface area contributed by atoms with Crippen LogP contribution in [0.5, 0.6) is 5.75 Å². The van der Waals surface area contributed by atoms with Gasteiger partial charge in [-0.15, -0.1) is 0 Å². The number of amides is 2. The zero-order chi connectivity index (χ0) is 29.0. The van der Waals surface area contributed by atoms with Gasteiger partial charge in [0.05, 0.1) is 35.3 Å². The number of carbonyl (C=O) groups is 2. The highest BCUT2D eigenvalue weighted by Crippen LogP contribution is 2.36. The fourth-order valence-corrected chi connectivity index (χ4v) is 6.08. The Hall–Kier alpha value is -3.06. The molecular weight excluding hydrogens is 541 g/mol. The Morgan fingerprint density at radius 3 is 2.52 bits per heavy atom. The molecule has 3 atom stereocenters. The van der Waals surface area contributed by atoms with Crippen LogP contribution in [0.1, 0.15) is 37.0 Å². The minimum atomic E-state index is -3.98. The number of aliphatic hydroxyl groups is 1. The number of nitrogens with one attached hydrogen (secondary N) is 1. The summed E-state index contributed by atoms with van der Waals surface area (Å²) in [5, 5.41) is 12.8. The number of aliphatic hydroxyl groups excluding tert-OH is 1. The Kier molecular flexibility index (Phi) is 9.44. The van der Waals surface area contributed by atoms with E-state index in [1.165, 1.54) is 24.1 Å². The monoisotopic (exact) mass is 577 g/mol. The molecular formula is C28H36FN3O7S. The van der Waals surface area contributed by atoms with Gasteiger partial charge in [-0.3, -0.25) is 9.59 Å². The molecule has 0 saturated carbocycles. The van der Waals surface area contributed by atoms with Gasteiger partial charge < -0.3 is 24.8 Å². The molecule has 2 aliphatic heterocycles. The first-order chi connectivity index (χ1) is 19.0. The lowest BCUT2D eigenvalue weighted by Crippen LogP contribution is -2.50. The number of halogens is 1. The summed E-state index contributed by atoms with van der Waals surface area (Å²) in [5.74, 6) is -1.59. The van der Waals surface area contributed by atoms with E-state index < -0.39 is 28.0 Å². The number of nitrogens with zero attached hydrogens (tertiary/aromatic N) is 2. The number of fused-ring (bicyclic) bond motifs is 1. The van der Waals surface area contributed by atoms with Crippen molar-refractivity contribution < 1.29 is 37.0 Å². The van der Waals surface area contributed by atoms with Crippen molar-refractivity contribution in [2.75, 3.05) is 45.3 Å². The average Bonchev–Trinajstić information content (AvgIpc) is 2.95. The smallest absolute Gasteiger partial charge is 0.258 e. The summed E-state index contributed by atoms with van der Waals surface area (Å²) in [7, 11) is -2.57. The highest BCUT2D eigenvalue weighted by Gasteiger charge is 2.36. The van der Waals surface area contributed by atoms with E-state index in [0.29, 0.717) is 31.7 Å². The van der Waals surface area contributed by atoms with E-state index in [2.05, 4.69) is 5.32 Å². The Morgan fingerprint density at radius 2 is 1.88 bits per heavy atom. The Morgan fingerprint density at radius 1 is 1.20 bits per heavy atom. The van der Waals surface area contributed by atoms with Crippen LogP contribution in [0, 0.1) is 17.7 Å². The summed E-state index contributed by atoms with van der Waals surface area (Å²) in [6, 6.07) is 8.93. The van der Waals surface area contributed by atoms with Crippen LogP contribution in [0.25, 0.3) is 0 Å². The van der Waals surface area contributed by atoms with Crippen molar-refractivity contribution in [2.45, 2.75) is 43.7 Å². The topological polar surface area (TPSA) is 125 Å². The number of carbonyl (C=O) groups excluding carboxylic acids is 2. The van der Waals surface area contributed by atoms with E-state index in [1.54, 1.807) is 25.1 Å². The van der Waals surface area contributed by atoms with Gasteiger partial charge in [-0.25, -0.2) is 12.8 Å². The molecule has 0 radical (unpaired) electrons. The zero-order valence-corrected chi connectivity index (χ0v) is 23.7. The molecule has 1 saturated heterocycles. The predicted octanol–water partition coefficient (Wildman–Crippen LogP) is 2.73. The molecule has 0 unspecified atom stereocenters. The van der Waals surface area contributed by atoms with Crippen molar-refractivity contribution in [1.29, 1.82) is 0 Å². The first kappa shape index (κ1) is 29.9. The first-order valence-corrected chi connectivity index (χ1v) is 14.8. The van der Waals surface area contributed by atoms with Crippen LogP contribution in [0.2, 0.25) is 0 Å². The van der Waals surface area contributed by atoms with Gasteiger partial charge in [0, 0.05) is 38.6 Å². The molecule has 1 fully saturated rings. The van der Waals surface area contributed by atoms with Gasteiger partial charge in [0.15, 0.2) is 5.75 Å². The van der Waals surface area contributed by atoms with Crippen LogP contribution < -0.4 is 10.1 Å². The van der Waals surface area contributed by atoms with Gasteiger partial charge in [-0.2, -0.15) is 4.31 Å². The Labute approximate surface area is 234 Å². The summed E-state index contributed by atoms with van der Waals surface area (Å²) < 4.78 is 52.8. The van der Waals surface area contributed by atoms with Crippen molar-refractivity contribution in [2.24, 2.45) is 11.8 Å². The van der Waals surface area contributed by atoms with E-state index in [-0.39, 0.29) is 59.6 Å². The standard InChI is InChI=1S/C28H36FN3O7S/c1-18-15-32(19(2)17-33)28(35)23-5-4-6-24(30-27(34)20-11-13-38-14-12-20)26(23)39-25(18)16-31(3)40(36,37)22-9-7-21(29)8-10-22/h4-10,18-20,25,33H,11-17H2,1-3H3,(H,30,34)/t18-,19+,25+/m1/s1. The van der Waals surface area contributed by atoms with Crippen LogP contribution >= 0.6 is 0 Å². The SMILES string of the molecule is C[C@@H]1CN([C@@H](C)CO)C(=O)c2cccc(NC(=O)C3CCOCC3)c2O[C@H]1CN(C)S(=O)(=O)c1ccc(F)cc1. The number of hydrogen-bond acceptors (Lipinski definition) is 7. The maximum absolute atomic E-state index is 13.6. The van der Waals surface area contributed by atoms with Gasteiger partial charge >= 0.3 is 0 Å². The molecule has 2 aromatic rings. The molecule has 2 amide bonds. The molecule has 2 N–H and O–H groups in total. The fraction of sp³-hybridized carbons (Fsp3) is 0.500.